The molecule has 1 aromatic rings. The number of carbonyl (C=O) groups excluding carboxylic acids is 1. The fraction of sp³-hybridized carbons (Fsp3) is 0.438. The van der Waals surface area contributed by atoms with Crippen LogP contribution in [-0.4, -0.2) is 36.1 Å². The molecule has 0 aliphatic carbocycles. The summed E-state index contributed by atoms with van der Waals surface area (Å²) in [5.41, 5.74) is 0.713. The first-order valence-corrected chi connectivity index (χ1v) is 7.59. The smallest absolute Gasteiger partial charge is 0.327 e. The number of benzene rings is 1. The molecule has 2 N–H and O–H groups in total. The van der Waals surface area contributed by atoms with Crippen LogP contribution in [0.2, 0.25) is 0 Å². The quantitative estimate of drug-likeness (QED) is 0.336. The standard InChI is InChI=1S/C16H21N3O4.ClH/c1-2-15(18-13-7-9-17-10-8-13)16(20)23-11-12-3-5-14(6-4-12)19(21)22;/h2-6,13,15,17-18H,1,7-11H2;1H. The van der Waals surface area contributed by atoms with Gasteiger partial charge in [0.05, 0.1) is 4.92 Å². The van der Waals surface area contributed by atoms with Crippen molar-refractivity contribution in [2.24, 2.45) is 0 Å². The zero-order chi connectivity index (χ0) is 16.7. The predicted octanol–water partition coefficient (Wildman–Crippen LogP) is 1.96. The van der Waals surface area contributed by atoms with Crippen molar-refractivity contribution in [1.82, 2.24) is 10.6 Å². The Morgan fingerprint density at radius 1 is 1.42 bits per heavy atom. The topological polar surface area (TPSA) is 93.5 Å². The van der Waals surface area contributed by atoms with Crippen LogP contribution in [0.4, 0.5) is 5.69 Å². The van der Waals surface area contributed by atoms with Crippen molar-refractivity contribution < 1.29 is 14.5 Å². The van der Waals surface area contributed by atoms with Crippen LogP contribution in [0.3, 0.4) is 0 Å². The average molecular weight is 356 g/mol. The number of rotatable bonds is 7. The number of non-ortho nitro benzene ring substituents is 1. The predicted molar refractivity (Wildman–Crippen MR) is 93.2 cm³/mol. The van der Waals surface area contributed by atoms with Gasteiger partial charge in [-0.3, -0.25) is 15.4 Å². The van der Waals surface area contributed by atoms with Crippen LogP contribution < -0.4 is 10.6 Å². The summed E-state index contributed by atoms with van der Waals surface area (Å²) < 4.78 is 5.26. The Morgan fingerprint density at radius 3 is 2.58 bits per heavy atom. The van der Waals surface area contributed by atoms with Crippen LogP contribution in [0, 0.1) is 10.1 Å². The number of nitro groups is 1. The molecule has 132 valence electrons. The molecule has 0 bridgehead atoms. The van der Waals surface area contributed by atoms with Crippen LogP contribution in [0.25, 0.3) is 0 Å². The largest absolute Gasteiger partial charge is 0.459 e. The molecule has 0 spiro atoms. The monoisotopic (exact) mass is 355 g/mol. The van der Waals surface area contributed by atoms with E-state index in [9.17, 15) is 14.9 Å². The van der Waals surface area contributed by atoms with Gasteiger partial charge < -0.3 is 10.1 Å². The maximum absolute atomic E-state index is 12.1. The fourth-order valence-electron chi connectivity index (χ4n) is 2.43. The number of hydrogen-bond donors (Lipinski definition) is 2. The summed E-state index contributed by atoms with van der Waals surface area (Å²) >= 11 is 0. The van der Waals surface area contributed by atoms with Crippen molar-refractivity contribution in [2.45, 2.75) is 31.5 Å². The number of ether oxygens (including phenoxy) is 1. The molecule has 1 aliphatic rings. The SMILES string of the molecule is C=CC(NC1CCNCC1)C(=O)OCc1ccc([N+](=O)[O-])cc1.Cl. The lowest BCUT2D eigenvalue weighted by Crippen LogP contribution is -2.47. The average Bonchev–Trinajstić information content (AvgIpc) is 2.58. The molecule has 0 aromatic heterocycles. The fourth-order valence-corrected chi connectivity index (χ4v) is 2.43. The Bertz CT molecular complexity index is 559. The minimum absolute atomic E-state index is 0. The normalized spacial score (nSPS) is 15.8. The first kappa shape index (κ1) is 20.1. The maximum Gasteiger partial charge on any atom is 0.327 e. The molecule has 1 fully saturated rings. The van der Waals surface area contributed by atoms with E-state index in [0.717, 1.165) is 25.9 Å². The Kier molecular flexibility index (Phi) is 8.39. The molecule has 1 atom stereocenters. The van der Waals surface area contributed by atoms with E-state index in [-0.39, 0.29) is 30.7 Å². The molecule has 8 heteroatoms. The maximum atomic E-state index is 12.1. The zero-order valence-corrected chi connectivity index (χ0v) is 14.1. The van der Waals surface area contributed by atoms with Gasteiger partial charge in [0, 0.05) is 18.2 Å². The number of esters is 1. The molecular formula is C16H22ClN3O4. The van der Waals surface area contributed by atoms with Gasteiger partial charge in [-0.1, -0.05) is 6.08 Å². The van der Waals surface area contributed by atoms with Crippen molar-refractivity contribution in [3.8, 4) is 0 Å². The first-order valence-electron chi connectivity index (χ1n) is 7.59. The van der Waals surface area contributed by atoms with E-state index in [4.69, 9.17) is 4.74 Å². The molecule has 7 nitrogen and oxygen atoms in total. The molecular weight excluding hydrogens is 334 g/mol. The van der Waals surface area contributed by atoms with E-state index in [0.29, 0.717) is 5.56 Å². The Balaban J connectivity index is 0.00000288. The van der Waals surface area contributed by atoms with Crippen LogP contribution in [-0.2, 0) is 16.1 Å². The summed E-state index contributed by atoms with van der Waals surface area (Å²) in [7, 11) is 0. The Labute approximate surface area is 147 Å². The molecule has 0 amide bonds. The van der Waals surface area contributed by atoms with Crippen molar-refractivity contribution in [2.75, 3.05) is 13.1 Å². The molecule has 2 rings (SSSR count). The summed E-state index contributed by atoms with van der Waals surface area (Å²) in [6.07, 6.45) is 3.46. The second-order valence-corrected chi connectivity index (χ2v) is 5.44. The minimum atomic E-state index is -0.545. The number of nitro benzene ring substituents is 1. The number of halogens is 1. The number of nitrogens with zero attached hydrogens (tertiary/aromatic N) is 1. The molecule has 1 saturated heterocycles. The number of nitrogens with one attached hydrogen (secondary N) is 2. The summed E-state index contributed by atoms with van der Waals surface area (Å²) in [4.78, 5) is 22.2. The third kappa shape index (κ3) is 5.92. The molecule has 1 heterocycles. The molecule has 24 heavy (non-hydrogen) atoms. The van der Waals surface area contributed by atoms with Gasteiger partial charge in [0.1, 0.15) is 12.6 Å². The molecule has 1 aromatic carbocycles. The molecule has 0 saturated carbocycles. The summed E-state index contributed by atoms with van der Waals surface area (Å²) in [5, 5.41) is 17.1. The van der Waals surface area contributed by atoms with Gasteiger partial charge in [-0.25, -0.2) is 4.79 Å². The highest BCUT2D eigenvalue weighted by molar-refractivity contribution is 5.85. The van der Waals surface area contributed by atoms with Crippen LogP contribution >= 0.6 is 12.4 Å². The van der Waals surface area contributed by atoms with Crippen LogP contribution in [0.15, 0.2) is 36.9 Å². The van der Waals surface area contributed by atoms with Gasteiger partial charge in [0.15, 0.2) is 0 Å². The van der Waals surface area contributed by atoms with Gasteiger partial charge in [-0.2, -0.15) is 0 Å². The van der Waals surface area contributed by atoms with Crippen molar-refractivity contribution in [3.63, 3.8) is 0 Å². The summed E-state index contributed by atoms with van der Waals surface area (Å²) in [6, 6.07) is 5.66. The van der Waals surface area contributed by atoms with Gasteiger partial charge in [-0.15, -0.1) is 19.0 Å². The van der Waals surface area contributed by atoms with E-state index in [1.54, 1.807) is 18.2 Å². The van der Waals surface area contributed by atoms with Gasteiger partial charge in [0.2, 0.25) is 0 Å². The number of piperidine rings is 1. The number of hydrogen-bond acceptors (Lipinski definition) is 6. The highest BCUT2D eigenvalue weighted by atomic mass is 35.5. The van der Waals surface area contributed by atoms with Gasteiger partial charge >= 0.3 is 5.97 Å². The van der Waals surface area contributed by atoms with Crippen molar-refractivity contribution in [3.05, 3.63) is 52.6 Å². The number of carbonyl (C=O) groups is 1. The van der Waals surface area contributed by atoms with Gasteiger partial charge in [0.25, 0.3) is 5.69 Å². The lowest BCUT2D eigenvalue weighted by Gasteiger charge is -2.26. The van der Waals surface area contributed by atoms with E-state index < -0.39 is 16.9 Å². The summed E-state index contributed by atoms with van der Waals surface area (Å²) in [5.74, 6) is -0.392. The second kappa shape index (κ2) is 10.0. The van der Waals surface area contributed by atoms with E-state index in [2.05, 4.69) is 17.2 Å². The third-order valence-corrected chi connectivity index (χ3v) is 3.77. The first-order chi connectivity index (χ1) is 11.1. The zero-order valence-electron chi connectivity index (χ0n) is 13.3. The summed E-state index contributed by atoms with van der Waals surface area (Å²) in [6.45, 7) is 5.62. The lowest BCUT2D eigenvalue weighted by molar-refractivity contribution is -0.384. The highest BCUT2D eigenvalue weighted by Crippen LogP contribution is 2.13. The van der Waals surface area contributed by atoms with Crippen LogP contribution in [0.5, 0.6) is 0 Å². The van der Waals surface area contributed by atoms with Crippen molar-refractivity contribution >= 4 is 24.1 Å². The van der Waals surface area contributed by atoms with Crippen molar-refractivity contribution in [1.29, 1.82) is 0 Å². The lowest BCUT2D eigenvalue weighted by atomic mass is 10.1. The second-order valence-electron chi connectivity index (χ2n) is 5.44. The Morgan fingerprint density at radius 2 is 2.04 bits per heavy atom. The van der Waals surface area contributed by atoms with Gasteiger partial charge in [-0.05, 0) is 43.6 Å². The minimum Gasteiger partial charge on any atom is -0.459 e. The third-order valence-electron chi connectivity index (χ3n) is 3.77. The molecule has 1 unspecified atom stereocenters. The van der Waals surface area contributed by atoms with Crippen LogP contribution in [0.1, 0.15) is 18.4 Å². The van der Waals surface area contributed by atoms with E-state index in [1.807, 2.05) is 0 Å². The molecule has 0 radical (unpaired) electrons. The highest BCUT2D eigenvalue weighted by Gasteiger charge is 2.22. The Hall–Kier alpha value is -1.96. The van der Waals surface area contributed by atoms with E-state index >= 15 is 0 Å². The molecule has 1 aliphatic heterocycles. The van der Waals surface area contributed by atoms with E-state index in [1.165, 1.54) is 12.1 Å².